The number of benzene rings is 1. The van der Waals surface area contributed by atoms with Crippen LogP contribution in [0.25, 0.3) is 0 Å². The van der Waals surface area contributed by atoms with Gasteiger partial charge in [-0.25, -0.2) is 0 Å². The Labute approximate surface area is 154 Å². The second-order valence-corrected chi connectivity index (χ2v) is 6.87. The Kier molecular flexibility index (Phi) is 6.38. The lowest BCUT2D eigenvalue weighted by Crippen LogP contribution is -2.28. The lowest BCUT2D eigenvalue weighted by Gasteiger charge is -2.20. The topological polar surface area (TPSA) is 85.4 Å². The third-order valence-corrected chi connectivity index (χ3v) is 3.55. The number of ether oxygens (including phenoxy) is 2. The summed E-state index contributed by atoms with van der Waals surface area (Å²) in [5.74, 6) is 1.74. The molecule has 2 aromatic rings. The zero-order valence-corrected chi connectivity index (χ0v) is 15.9. The lowest BCUT2D eigenvalue weighted by atomic mass is 10.1. The first-order chi connectivity index (χ1) is 12.3. The van der Waals surface area contributed by atoms with E-state index in [1.54, 1.807) is 26.4 Å². The van der Waals surface area contributed by atoms with E-state index in [1.165, 1.54) is 0 Å². The minimum Gasteiger partial charge on any atom is -0.493 e. The van der Waals surface area contributed by atoms with Crippen LogP contribution in [-0.4, -0.2) is 42.4 Å². The number of nitrogens with one attached hydrogen (secondary N) is 2. The number of rotatable bonds is 7. The van der Waals surface area contributed by atoms with Crippen LogP contribution in [0.15, 0.2) is 30.3 Å². The van der Waals surface area contributed by atoms with Crippen molar-refractivity contribution in [3.05, 3.63) is 41.6 Å². The summed E-state index contributed by atoms with van der Waals surface area (Å²) in [6.45, 7) is 6.58. The molecule has 0 unspecified atom stereocenters. The van der Waals surface area contributed by atoms with Gasteiger partial charge in [-0.1, -0.05) is 6.07 Å². The largest absolute Gasteiger partial charge is 0.493 e. The lowest BCUT2D eigenvalue weighted by molar-refractivity contribution is 0.0948. The first-order valence-electron chi connectivity index (χ1n) is 8.43. The van der Waals surface area contributed by atoms with E-state index in [-0.39, 0.29) is 17.1 Å². The van der Waals surface area contributed by atoms with Gasteiger partial charge in [0.25, 0.3) is 5.91 Å². The van der Waals surface area contributed by atoms with Crippen molar-refractivity contribution in [2.75, 3.05) is 26.1 Å². The molecule has 0 aliphatic carbocycles. The molecule has 7 nitrogen and oxygen atoms in total. The summed E-state index contributed by atoms with van der Waals surface area (Å²) in [6.07, 6.45) is 0.670. The summed E-state index contributed by atoms with van der Waals surface area (Å²) in [7, 11) is 3.20. The molecule has 0 bridgehead atoms. The van der Waals surface area contributed by atoms with Gasteiger partial charge in [-0.15, -0.1) is 10.2 Å². The van der Waals surface area contributed by atoms with E-state index in [0.29, 0.717) is 30.3 Å². The third kappa shape index (κ3) is 5.61. The molecule has 0 radical (unpaired) electrons. The molecule has 1 aromatic carbocycles. The fraction of sp³-hybridized carbons (Fsp3) is 0.421. The van der Waals surface area contributed by atoms with E-state index < -0.39 is 0 Å². The van der Waals surface area contributed by atoms with Crippen LogP contribution in [0.3, 0.4) is 0 Å². The van der Waals surface area contributed by atoms with E-state index in [9.17, 15) is 4.79 Å². The Morgan fingerprint density at radius 3 is 2.35 bits per heavy atom. The highest BCUT2D eigenvalue weighted by molar-refractivity contribution is 5.92. The fourth-order valence-corrected chi connectivity index (χ4v) is 2.35. The van der Waals surface area contributed by atoms with Crippen molar-refractivity contribution in [3.63, 3.8) is 0 Å². The zero-order valence-electron chi connectivity index (χ0n) is 15.9. The van der Waals surface area contributed by atoms with Crippen molar-refractivity contribution in [3.8, 4) is 11.5 Å². The highest BCUT2D eigenvalue weighted by Gasteiger charge is 2.12. The maximum Gasteiger partial charge on any atom is 0.271 e. The number of hydrogen-bond donors (Lipinski definition) is 2. The van der Waals surface area contributed by atoms with Gasteiger partial charge in [-0.05, 0) is 57.0 Å². The molecule has 0 saturated heterocycles. The molecule has 26 heavy (non-hydrogen) atoms. The third-order valence-electron chi connectivity index (χ3n) is 3.55. The maximum atomic E-state index is 12.2. The molecule has 7 heteroatoms. The molecule has 2 rings (SSSR count). The number of anilines is 1. The normalized spacial score (nSPS) is 11.0. The Morgan fingerprint density at radius 2 is 1.77 bits per heavy atom. The summed E-state index contributed by atoms with van der Waals surface area (Å²) in [5.41, 5.74) is 1.22. The number of amides is 1. The highest BCUT2D eigenvalue weighted by atomic mass is 16.5. The van der Waals surface area contributed by atoms with Crippen LogP contribution < -0.4 is 20.1 Å². The SMILES string of the molecule is COc1ccc(CCNC(=O)c2ccc(NC(C)(C)C)nn2)cc1OC. The number of hydrogen-bond acceptors (Lipinski definition) is 6. The molecule has 1 amide bonds. The van der Waals surface area contributed by atoms with Gasteiger partial charge in [-0.2, -0.15) is 0 Å². The molecule has 0 aliphatic rings. The van der Waals surface area contributed by atoms with Gasteiger partial charge < -0.3 is 20.1 Å². The molecule has 0 atom stereocenters. The number of nitrogens with zero attached hydrogens (tertiary/aromatic N) is 2. The van der Waals surface area contributed by atoms with Crippen molar-refractivity contribution in [1.29, 1.82) is 0 Å². The van der Waals surface area contributed by atoms with Gasteiger partial charge >= 0.3 is 0 Å². The molecule has 0 spiro atoms. The second kappa shape index (κ2) is 8.51. The quantitative estimate of drug-likeness (QED) is 0.791. The highest BCUT2D eigenvalue weighted by Crippen LogP contribution is 2.27. The van der Waals surface area contributed by atoms with Crippen molar-refractivity contribution < 1.29 is 14.3 Å². The Balaban J connectivity index is 1.89. The summed E-state index contributed by atoms with van der Waals surface area (Å²) >= 11 is 0. The molecular formula is C19H26N4O3. The van der Waals surface area contributed by atoms with Crippen molar-refractivity contribution >= 4 is 11.7 Å². The van der Waals surface area contributed by atoms with E-state index >= 15 is 0 Å². The Bertz CT molecular complexity index is 739. The molecular weight excluding hydrogens is 332 g/mol. The summed E-state index contributed by atoms with van der Waals surface area (Å²) in [4.78, 5) is 12.2. The van der Waals surface area contributed by atoms with Gasteiger partial charge in [0.1, 0.15) is 5.82 Å². The average Bonchev–Trinajstić information content (AvgIpc) is 2.60. The number of carbonyl (C=O) groups is 1. The minimum atomic E-state index is -0.250. The van der Waals surface area contributed by atoms with E-state index in [4.69, 9.17) is 9.47 Å². The summed E-state index contributed by atoms with van der Waals surface area (Å²) in [6, 6.07) is 9.11. The van der Waals surface area contributed by atoms with E-state index in [0.717, 1.165) is 5.56 Å². The average molecular weight is 358 g/mol. The Morgan fingerprint density at radius 1 is 1.04 bits per heavy atom. The van der Waals surface area contributed by atoms with Crippen molar-refractivity contribution in [2.24, 2.45) is 0 Å². The summed E-state index contributed by atoms with van der Waals surface area (Å²) in [5, 5.41) is 14.1. The smallest absolute Gasteiger partial charge is 0.271 e. The van der Waals surface area contributed by atoms with Gasteiger partial charge in [0, 0.05) is 12.1 Å². The van der Waals surface area contributed by atoms with Crippen LogP contribution in [0, 0.1) is 0 Å². The van der Waals surface area contributed by atoms with Crippen LogP contribution in [0.4, 0.5) is 5.82 Å². The zero-order chi connectivity index (χ0) is 19.2. The Hall–Kier alpha value is -2.83. The first kappa shape index (κ1) is 19.5. The molecule has 0 fully saturated rings. The molecule has 140 valence electrons. The van der Waals surface area contributed by atoms with Gasteiger partial charge in [0.15, 0.2) is 17.2 Å². The van der Waals surface area contributed by atoms with Crippen LogP contribution in [0.5, 0.6) is 11.5 Å². The molecule has 1 heterocycles. The van der Waals surface area contributed by atoms with Gasteiger partial charge in [0.2, 0.25) is 0 Å². The summed E-state index contributed by atoms with van der Waals surface area (Å²) < 4.78 is 10.5. The van der Waals surface area contributed by atoms with E-state index in [1.807, 2.05) is 39.0 Å². The molecule has 0 saturated carbocycles. The minimum absolute atomic E-state index is 0.113. The fourth-order valence-electron chi connectivity index (χ4n) is 2.35. The first-order valence-corrected chi connectivity index (χ1v) is 8.43. The van der Waals surface area contributed by atoms with Crippen molar-refractivity contribution in [1.82, 2.24) is 15.5 Å². The maximum absolute atomic E-state index is 12.2. The number of methoxy groups -OCH3 is 2. The number of aromatic nitrogens is 2. The predicted molar refractivity (Wildman–Crippen MR) is 101 cm³/mol. The van der Waals surface area contributed by atoms with Crippen LogP contribution in [0.1, 0.15) is 36.8 Å². The van der Waals surface area contributed by atoms with Crippen LogP contribution in [-0.2, 0) is 6.42 Å². The van der Waals surface area contributed by atoms with Crippen LogP contribution >= 0.6 is 0 Å². The van der Waals surface area contributed by atoms with Gasteiger partial charge in [0.05, 0.1) is 14.2 Å². The van der Waals surface area contributed by atoms with E-state index in [2.05, 4.69) is 20.8 Å². The molecule has 0 aliphatic heterocycles. The molecule has 2 N–H and O–H groups in total. The van der Waals surface area contributed by atoms with Gasteiger partial charge in [-0.3, -0.25) is 4.79 Å². The second-order valence-electron chi connectivity index (χ2n) is 6.87. The monoisotopic (exact) mass is 358 g/mol. The van der Waals surface area contributed by atoms with Crippen LogP contribution in [0.2, 0.25) is 0 Å². The number of carbonyl (C=O) groups excluding carboxylic acids is 1. The molecule has 1 aromatic heterocycles. The van der Waals surface area contributed by atoms with Crippen molar-refractivity contribution in [2.45, 2.75) is 32.7 Å². The standard InChI is InChI=1S/C19H26N4O3/c1-19(2,3)21-17-9-7-14(22-23-17)18(24)20-11-10-13-6-8-15(25-4)16(12-13)26-5/h6-9,12H,10-11H2,1-5H3,(H,20,24)(H,21,23). The predicted octanol–water partition coefficient (Wildman–Crippen LogP) is 2.68.